The predicted octanol–water partition coefficient (Wildman–Crippen LogP) is 0.210. The van der Waals surface area contributed by atoms with Gasteiger partial charge in [-0.1, -0.05) is 6.07 Å². The van der Waals surface area contributed by atoms with Crippen LogP contribution in [0.2, 0.25) is 0 Å². The molecule has 1 fully saturated rings. The Balaban J connectivity index is 2.24. The van der Waals surface area contributed by atoms with Gasteiger partial charge in [0.15, 0.2) is 0 Å². The van der Waals surface area contributed by atoms with E-state index in [1.807, 2.05) is 0 Å². The first-order valence-electron chi connectivity index (χ1n) is 6.66. The minimum absolute atomic E-state index is 0.0324. The van der Waals surface area contributed by atoms with Gasteiger partial charge in [0, 0.05) is 33.1 Å². The van der Waals surface area contributed by atoms with E-state index in [9.17, 15) is 13.2 Å². The Labute approximate surface area is 124 Å². The number of carbonyl (C=O) groups excluding carboxylic acids is 1. The van der Waals surface area contributed by atoms with Gasteiger partial charge in [-0.3, -0.25) is 4.79 Å². The van der Waals surface area contributed by atoms with Gasteiger partial charge in [-0.15, -0.1) is 0 Å². The second kappa shape index (κ2) is 5.90. The Morgan fingerprint density at radius 2 is 2.10 bits per heavy atom. The lowest BCUT2D eigenvalue weighted by Crippen LogP contribution is -2.42. The van der Waals surface area contributed by atoms with Crippen LogP contribution >= 0.6 is 0 Å². The van der Waals surface area contributed by atoms with Crippen molar-refractivity contribution in [1.82, 2.24) is 9.62 Å². The molecule has 1 aromatic carbocycles. The van der Waals surface area contributed by atoms with Crippen molar-refractivity contribution in [2.45, 2.75) is 23.8 Å². The van der Waals surface area contributed by atoms with Crippen molar-refractivity contribution in [3.05, 3.63) is 18.2 Å². The first kappa shape index (κ1) is 15.6. The topological polar surface area (TPSA) is 105 Å². The molecule has 8 heteroatoms. The summed E-state index contributed by atoms with van der Waals surface area (Å²) in [5, 5.41) is 5.96. The summed E-state index contributed by atoms with van der Waals surface area (Å²) in [5.41, 5.74) is 6.76. The molecule has 1 amide bonds. The van der Waals surface area contributed by atoms with E-state index in [0.717, 1.165) is 4.31 Å². The number of rotatable bonds is 4. The highest BCUT2D eigenvalue weighted by atomic mass is 32.2. The number of amides is 1. The van der Waals surface area contributed by atoms with E-state index in [1.165, 1.54) is 20.2 Å². The van der Waals surface area contributed by atoms with Gasteiger partial charge in [0.05, 0.1) is 11.4 Å². The van der Waals surface area contributed by atoms with Crippen LogP contribution in [0.3, 0.4) is 0 Å². The smallest absolute Gasteiger partial charge is 0.244 e. The quantitative estimate of drug-likeness (QED) is 0.689. The molecular weight excluding hydrogens is 292 g/mol. The Bertz CT molecular complexity index is 633. The average Bonchev–Trinajstić information content (AvgIpc) is 2.43. The number of nitrogens with one attached hydrogen (secondary N) is 2. The second-order valence-electron chi connectivity index (χ2n) is 5.19. The van der Waals surface area contributed by atoms with Gasteiger partial charge < -0.3 is 16.4 Å². The van der Waals surface area contributed by atoms with Gasteiger partial charge in [-0.25, -0.2) is 12.7 Å². The van der Waals surface area contributed by atoms with Crippen molar-refractivity contribution in [3.8, 4) is 0 Å². The van der Waals surface area contributed by atoms with Crippen LogP contribution in [0.1, 0.15) is 12.8 Å². The summed E-state index contributed by atoms with van der Waals surface area (Å²) in [5.74, 6) is 0.0324. The van der Waals surface area contributed by atoms with Crippen LogP contribution in [0.4, 0.5) is 11.4 Å². The van der Waals surface area contributed by atoms with Crippen LogP contribution < -0.4 is 16.4 Å². The standard InChI is InChI=1S/C13H20N4O3S/c1-17(2)21(19,20)11-5-3-4-10(13(11)14)16-9-6-7-12(18)15-8-9/h3-5,9,16H,6-8,14H2,1-2H3,(H,15,18). The van der Waals surface area contributed by atoms with Crippen LogP contribution in [0.5, 0.6) is 0 Å². The van der Waals surface area contributed by atoms with Crippen molar-refractivity contribution in [2.24, 2.45) is 0 Å². The number of hydrogen-bond acceptors (Lipinski definition) is 5. The van der Waals surface area contributed by atoms with Crippen molar-refractivity contribution in [2.75, 3.05) is 31.7 Å². The van der Waals surface area contributed by atoms with Gasteiger partial charge in [0.2, 0.25) is 15.9 Å². The minimum atomic E-state index is -3.58. The first-order chi connectivity index (χ1) is 9.82. The molecule has 1 aromatic rings. The number of piperidine rings is 1. The Hall–Kier alpha value is -1.80. The van der Waals surface area contributed by atoms with E-state index < -0.39 is 10.0 Å². The number of carbonyl (C=O) groups is 1. The highest BCUT2D eigenvalue weighted by Gasteiger charge is 2.23. The maximum Gasteiger partial charge on any atom is 0.244 e. The van der Waals surface area contributed by atoms with Crippen LogP contribution in [0.25, 0.3) is 0 Å². The van der Waals surface area contributed by atoms with Crippen LogP contribution in [-0.2, 0) is 14.8 Å². The third-order valence-corrected chi connectivity index (χ3v) is 5.32. The fourth-order valence-corrected chi connectivity index (χ4v) is 3.20. The molecule has 4 N–H and O–H groups in total. The number of nitrogen functional groups attached to an aromatic ring is 1. The zero-order valence-electron chi connectivity index (χ0n) is 12.1. The number of hydrogen-bond donors (Lipinski definition) is 3. The molecule has 21 heavy (non-hydrogen) atoms. The lowest BCUT2D eigenvalue weighted by molar-refractivity contribution is -0.122. The molecule has 0 aromatic heterocycles. The molecule has 0 radical (unpaired) electrons. The van der Waals surface area contributed by atoms with E-state index in [-0.39, 0.29) is 22.5 Å². The molecule has 2 rings (SSSR count). The summed E-state index contributed by atoms with van der Waals surface area (Å²) in [4.78, 5) is 11.2. The molecule has 0 bridgehead atoms. The predicted molar refractivity (Wildman–Crippen MR) is 81.4 cm³/mol. The molecule has 1 aliphatic rings. The molecule has 1 saturated heterocycles. The molecule has 0 aliphatic carbocycles. The summed E-state index contributed by atoms with van der Waals surface area (Å²) < 4.78 is 25.5. The SMILES string of the molecule is CN(C)S(=O)(=O)c1cccc(NC2CCC(=O)NC2)c1N. The summed E-state index contributed by atoms with van der Waals surface area (Å²) >= 11 is 0. The third-order valence-electron chi connectivity index (χ3n) is 3.45. The largest absolute Gasteiger partial charge is 0.396 e. The number of sulfonamides is 1. The zero-order chi connectivity index (χ0) is 15.6. The summed E-state index contributed by atoms with van der Waals surface area (Å²) in [6.45, 7) is 0.503. The molecule has 116 valence electrons. The number of nitrogens with two attached hydrogens (primary N) is 1. The summed E-state index contributed by atoms with van der Waals surface area (Å²) in [6.07, 6.45) is 1.14. The first-order valence-corrected chi connectivity index (χ1v) is 8.10. The molecule has 0 saturated carbocycles. The molecule has 1 unspecified atom stereocenters. The van der Waals surface area contributed by atoms with Crippen LogP contribution in [-0.4, -0.2) is 45.3 Å². The number of nitrogens with zero attached hydrogens (tertiary/aromatic N) is 1. The van der Waals surface area contributed by atoms with E-state index in [4.69, 9.17) is 5.73 Å². The average molecular weight is 312 g/mol. The fraction of sp³-hybridized carbons (Fsp3) is 0.462. The van der Waals surface area contributed by atoms with Gasteiger partial charge >= 0.3 is 0 Å². The maximum atomic E-state index is 12.2. The van der Waals surface area contributed by atoms with Gasteiger partial charge in [-0.2, -0.15) is 0 Å². The van der Waals surface area contributed by atoms with Crippen molar-refractivity contribution in [1.29, 1.82) is 0 Å². The molecule has 1 aliphatic heterocycles. The van der Waals surface area contributed by atoms with Crippen molar-refractivity contribution < 1.29 is 13.2 Å². The third kappa shape index (κ3) is 3.27. The normalized spacial score (nSPS) is 19.4. The zero-order valence-corrected chi connectivity index (χ0v) is 12.9. The second-order valence-corrected chi connectivity index (χ2v) is 7.31. The van der Waals surface area contributed by atoms with Crippen LogP contribution in [0.15, 0.2) is 23.1 Å². The lowest BCUT2D eigenvalue weighted by atomic mass is 10.1. The van der Waals surface area contributed by atoms with Gasteiger partial charge in [-0.05, 0) is 18.6 Å². The highest BCUT2D eigenvalue weighted by molar-refractivity contribution is 7.89. The monoisotopic (exact) mass is 312 g/mol. The molecule has 7 nitrogen and oxygen atoms in total. The highest BCUT2D eigenvalue weighted by Crippen LogP contribution is 2.29. The van der Waals surface area contributed by atoms with Crippen molar-refractivity contribution >= 4 is 27.3 Å². The van der Waals surface area contributed by atoms with Crippen LogP contribution in [0, 0.1) is 0 Å². The molecule has 1 atom stereocenters. The summed E-state index contributed by atoms with van der Waals surface area (Å²) in [7, 11) is -0.653. The number of para-hydroxylation sites is 1. The summed E-state index contributed by atoms with van der Waals surface area (Å²) in [6, 6.07) is 4.91. The number of anilines is 2. The Morgan fingerprint density at radius 3 is 2.67 bits per heavy atom. The maximum absolute atomic E-state index is 12.2. The van der Waals surface area contributed by atoms with Gasteiger partial charge in [0.1, 0.15) is 4.90 Å². The Morgan fingerprint density at radius 1 is 1.38 bits per heavy atom. The van der Waals surface area contributed by atoms with E-state index in [2.05, 4.69) is 10.6 Å². The molecule has 1 heterocycles. The van der Waals surface area contributed by atoms with E-state index in [0.29, 0.717) is 25.1 Å². The molecular formula is C13H20N4O3S. The van der Waals surface area contributed by atoms with E-state index in [1.54, 1.807) is 12.1 Å². The van der Waals surface area contributed by atoms with Crippen molar-refractivity contribution in [3.63, 3.8) is 0 Å². The lowest BCUT2D eigenvalue weighted by Gasteiger charge is -2.25. The van der Waals surface area contributed by atoms with Gasteiger partial charge in [0.25, 0.3) is 0 Å². The minimum Gasteiger partial charge on any atom is -0.396 e. The Kier molecular flexibility index (Phi) is 4.38. The fourth-order valence-electron chi connectivity index (χ4n) is 2.17. The number of benzene rings is 1. The molecule has 0 spiro atoms. The van der Waals surface area contributed by atoms with E-state index >= 15 is 0 Å².